The van der Waals surface area contributed by atoms with Crippen molar-refractivity contribution in [2.45, 2.75) is 67.2 Å². The summed E-state index contributed by atoms with van der Waals surface area (Å²) in [6, 6.07) is 0. The number of ether oxygens (including phenoxy) is 5. The lowest BCUT2D eigenvalue weighted by Gasteiger charge is -2.17. The van der Waals surface area contributed by atoms with Gasteiger partial charge in [-0.15, -0.1) is 0 Å². The Labute approximate surface area is 322 Å². The van der Waals surface area contributed by atoms with Crippen molar-refractivity contribution in [2.75, 3.05) is 59.5 Å². The van der Waals surface area contributed by atoms with E-state index in [1.54, 1.807) is 0 Å². The maximum atomic E-state index is 13.0. The van der Waals surface area contributed by atoms with Crippen LogP contribution in [0, 0.1) is 11.8 Å². The van der Waals surface area contributed by atoms with E-state index < -0.39 is 0 Å². The van der Waals surface area contributed by atoms with Crippen molar-refractivity contribution in [2.24, 2.45) is 26.8 Å². The molecule has 3 N–H and O–H groups in total. The molecule has 13 nitrogen and oxygen atoms in total. The maximum absolute atomic E-state index is 13.0. The van der Waals surface area contributed by atoms with Gasteiger partial charge in [0, 0.05) is 59.7 Å². The highest BCUT2D eigenvalue weighted by Crippen LogP contribution is 2.46. The van der Waals surface area contributed by atoms with Crippen LogP contribution in [-0.4, -0.2) is 98.7 Å². The van der Waals surface area contributed by atoms with Gasteiger partial charge in [-0.3, -0.25) is 9.59 Å². The van der Waals surface area contributed by atoms with Crippen molar-refractivity contribution in [3.05, 3.63) is 91.5 Å². The Hall–Kier alpha value is -4.69. The molecule has 5 aliphatic heterocycles. The average molecular weight is 757 g/mol. The highest BCUT2D eigenvalue weighted by atomic mass is 16.6. The molecule has 5 heterocycles. The number of aliphatic hydroxyl groups excluding tert-OH is 2. The molecular weight excluding hydrogens is 704 g/mol. The van der Waals surface area contributed by atoms with Gasteiger partial charge in [-0.05, 0) is 74.1 Å². The number of aliphatic imine (C=N–C) groups is 3. The quantitative estimate of drug-likeness (QED) is 0.126. The zero-order valence-electron chi connectivity index (χ0n) is 32.7. The summed E-state index contributed by atoms with van der Waals surface area (Å²) in [5.74, 6) is -0.473. The first-order chi connectivity index (χ1) is 26.5. The number of allylic oxidation sites excluding steroid dienone is 11. The summed E-state index contributed by atoms with van der Waals surface area (Å²) < 4.78 is 26.7. The molecule has 0 aromatic heterocycles. The lowest BCUT2D eigenvalue weighted by Crippen LogP contribution is -2.17. The van der Waals surface area contributed by atoms with E-state index in [4.69, 9.17) is 38.7 Å². The molecule has 1 aliphatic carbocycles. The van der Waals surface area contributed by atoms with Crippen molar-refractivity contribution in [3.63, 3.8) is 0 Å². The summed E-state index contributed by atoms with van der Waals surface area (Å²) in [7, 11) is 0. The van der Waals surface area contributed by atoms with Crippen LogP contribution in [0.4, 0.5) is 0 Å². The Kier molecular flexibility index (Phi) is 13.0. The number of hydrogen-bond donors (Lipinski definition) is 3. The Morgan fingerprint density at radius 1 is 0.818 bits per heavy atom. The van der Waals surface area contributed by atoms with Gasteiger partial charge in [0.25, 0.3) is 0 Å². The van der Waals surface area contributed by atoms with Crippen molar-refractivity contribution in [3.8, 4) is 0 Å². The van der Waals surface area contributed by atoms with Gasteiger partial charge >= 0.3 is 11.9 Å². The second kappa shape index (κ2) is 17.8. The highest BCUT2D eigenvalue weighted by Gasteiger charge is 2.41. The predicted octanol–water partition coefficient (Wildman–Crippen LogP) is 5.59. The SMILES string of the molecule is CCC1=C(C)C2=NC1=CC1=C(C)C3=C(O)CC(=C4NC(=CC5=NC(=C2)C(CO)=C5C)[C@@H](C)[C@@H]4CCC(=O)OCCOCCOCCOCCOC(C)=O)C3=N1. The zero-order chi connectivity index (χ0) is 39.2. The molecule has 1 fully saturated rings. The van der Waals surface area contributed by atoms with Gasteiger partial charge in [-0.25, -0.2) is 15.0 Å². The smallest absolute Gasteiger partial charge is 0.305 e. The van der Waals surface area contributed by atoms with Crippen molar-refractivity contribution >= 4 is 29.1 Å². The fourth-order valence-corrected chi connectivity index (χ4v) is 7.70. The summed E-state index contributed by atoms with van der Waals surface area (Å²) in [6.07, 6.45) is 7.85. The van der Waals surface area contributed by atoms with E-state index in [2.05, 4.69) is 26.1 Å². The first kappa shape index (κ1) is 40.0. The predicted molar refractivity (Wildman–Crippen MR) is 208 cm³/mol. The first-order valence-corrected chi connectivity index (χ1v) is 19.1. The monoisotopic (exact) mass is 756 g/mol. The molecule has 0 aromatic rings. The maximum Gasteiger partial charge on any atom is 0.305 e. The van der Waals surface area contributed by atoms with E-state index >= 15 is 0 Å². The van der Waals surface area contributed by atoms with Gasteiger partial charge in [-0.2, -0.15) is 0 Å². The fourth-order valence-electron chi connectivity index (χ4n) is 7.70. The molecule has 0 spiro atoms. The highest BCUT2D eigenvalue weighted by molar-refractivity contribution is 6.21. The second-order valence-corrected chi connectivity index (χ2v) is 14.2. The van der Waals surface area contributed by atoms with Crippen LogP contribution >= 0.6 is 0 Å². The minimum Gasteiger partial charge on any atom is -0.511 e. The molecule has 6 aliphatic rings. The molecule has 1 saturated heterocycles. The number of aliphatic hydroxyl groups is 2. The van der Waals surface area contributed by atoms with Crippen molar-refractivity contribution in [1.82, 2.24) is 5.32 Å². The molecule has 2 atom stereocenters. The van der Waals surface area contributed by atoms with E-state index in [1.807, 2.05) is 32.1 Å². The molecule has 0 saturated carbocycles. The van der Waals surface area contributed by atoms with Gasteiger partial charge in [0.15, 0.2) is 0 Å². The zero-order valence-corrected chi connectivity index (χ0v) is 32.7. The molecule has 0 unspecified atom stereocenters. The van der Waals surface area contributed by atoms with Crippen LogP contribution in [0.1, 0.15) is 67.2 Å². The molecular formula is C42H52N4O9. The van der Waals surface area contributed by atoms with Crippen LogP contribution in [0.15, 0.2) is 106 Å². The lowest BCUT2D eigenvalue weighted by molar-refractivity contribution is -0.145. The van der Waals surface area contributed by atoms with Crippen LogP contribution in [0.25, 0.3) is 0 Å². The number of hydrogen-bond acceptors (Lipinski definition) is 13. The summed E-state index contributed by atoms with van der Waals surface area (Å²) in [5, 5.41) is 25.5. The minimum atomic E-state index is -0.337. The summed E-state index contributed by atoms with van der Waals surface area (Å²) >= 11 is 0. The van der Waals surface area contributed by atoms with Crippen molar-refractivity contribution < 1.29 is 43.5 Å². The van der Waals surface area contributed by atoms with Crippen LogP contribution < -0.4 is 5.32 Å². The normalized spacial score (nSPS) is 21.6. The number of carbonyl (C=O) groups excluding carboxylic acids is 2. The molecule has 0 radical (unpaired) electrons. The molecule has 8 bridgehead atoms. The first-order valence-electron chi connectivity index (χ1n) is 19.1. The number of rotatable bonds is 17. The summed E-state index contributed by atoms with van der Waals surface area (Å²) in [4.78, 5) is 38.9. The van der Waals surface area contributed by atoms with Gasteiger partial charge in [0.1, 0.15) is 19.0 Å². The number of carbonyl (C=O) groups is 2. The standard InChI is InChI=1S/C42H52N4O9/c1-7-28-23(2)33-20-37-31(22-47)25(4)32(44-37)19-34-24(3)29(8-9-39(50)55-17-15-53-13-11-51-10-12-52-14-16-54-27(6)48)41(45-34)30-18-38(49)40-26(5)35(46-42(30)40)21-36(28)43-33/h19-21,24,29,45,47,49H,7-18,22H2,1-6H3/t24-,29-/m0/s1. The van der Waals surface area contributed by atoms with E-state index in [1.165, 1.54) is 6.92 Å². The second-order valence-electron chi connectivity index (χ2n) is 14.2. The van der Waals surface area contributed by atoms with E-state index in [-0.39, 0.29) is 62.4 Å². The molecule has 13 heteroatoms. The van der Waals surface area contributed by atoms with Gasteiger partial charge in [0.05, 0.1) is 80.5 Å². The van der Waals surface area contributed by atoms with Crippen molar-refractivity contribution in [1.29, 1.82) is 0 Å². The van der Waals surface area contributed by atoms with E-state index in [0.717, 1.165) is 85.4 Å². The Bertz CT molecular complexity index is 1970. The molecule has 0 amide bonds. The van der Waals surface area contributed by atoms with Crippen LogP contribution in [0.2, 0.25) is 0 Å². The molecule has 55 heavy (non-hydrogen) atoms. The Morgan fingerprint density at radius 3 is 2.05 bits per heavy atom. The van der Waals surface area contributed by atoms with Crippen LogP contribution in [0.3, 0.4) is 0 Å². The summed E-state index contributed by atoms with van der Waals surface area (Å²) in [5.41, 5.74) is 12.9. The number of nitrogens with zero attached hydrogens (tertiary/aromatic N) is 3. The number of nitrogens with one attached hydrogen (secondary N) is 1. The van der Waals surface area contributed by atoms with Gasteiger partial charge < -0.3 is 39.2 Å². The summed E-state index contributed by atoms with van der Waals surface area (Å²) in [6.45, 7) is 13.9. The van der Waals surface area contributed by atoms with Crippen LogP contribution in [-0.2, 0) is 33.3 Å². The van der Waals surface area contributed by atoms with Gasteiger partial charge in [0.2, 0.25) is 0 Å². The largest absolute Gasteiger partial charge is 0.511 e. The average Bonchev–Trinajstić information content (AvgIpc) is 3.91. The van der Waals surface area contributed by atoms with E-state index in [0.29, 0.717) is 51.6 Å². The third kappa shape index (κ3) is 8.75. The molecule has 0 aromatic carbocycles. The fraction of sp³-hybridized carbons (Fsp3) is 0.500. The minimum absolute atomic E-state index is 0.0174. The topological polar surface area (TPSA) is 170 Å². The molecule has 6 rings (SSSR count). The third-order valence-corrected chi connectivity index (χ3v) is 10.8. The lowest BCUT2D eigenvalue weighted by atomic mass is 9.86. The van der Waals surface area contributed by atoms with Crippen LogP contribution in [0.5, 0.6) is 0 Å². The van der Waals surface area contributed by atoms with E-state index in [9.17, 15) is 19.8 Å². The van der Waals surface area contributed by atoms with Gasteiger partial charge in [-0.1, -0.05) is 13.8 Å². The Balaban J connectivity index is 1.15. The number of esters is 2. The Morgan fingerprint density at radius 2 is 1.42 bits per heavy atom. The molecule has 294 valence electrons. The number of fused-ring (bicyclic) bond motifs is 5. The third-order valence-electron chi connectivity index (χ3n) is 10.8.